The summed E-state index contributed by atoms with van der Waals surface area (Å²) >= 11 is 0. The molecule has 2 nitrogen and oxygen atoms in total. The third-order valence-electron chi connectivity index (χ3n) is 2.27. The van der Waals surface area contributed by atoms with E-state index in [0.717, 1.165) is 0 Å². The van der Waals surface area contributed by atoms with Crippen molar-refractivity contribution >= 4 is 5.78 Å². The molecule has 0 spiro atoms. The van der Waals surface area contributed by atoms with Gasteiger partial charge in [-0.2, -0.15) is 13.2 Å². The quantitative estimate of drug-likeness (QED) is 0.763. The van der Waals surface area contributed by atoms with Crippen LogP contribution < -0.4 is 4.74 Å². The third-order valence-corrected chi connectivity index (χ3v) is 2.27. The third kappa shape index (κ3) is 2.99. The largest absolute Gasteiger partial charge is 0.493 e. The molecule has 0 heterocycles. The molecule has 1 rings (SSSR count). The Balaban J connectivity index is 3.19. The molecule has 0 fully saturated rings. The highest BCUT2D eigenvalue weighted by molar-refractivity contribution is 6.00. The van der Waals surface area contributed by atoms with Crippen LogP contribution in [-0.4, -0.2) is 18.6 Å². The van der Waals surface area contributed by atoms with Crippen molar-refractivity contribution in [3.05, 3.63) is 28.8 Å². The van der Waals surface area contributed by atoms with Crippen LogP contribution in [0.1, 0.15) is 28.4 Å². The molecule has 0 unspecified atom stereocenters. The molecule has 0 aliphatic carbocycles. The first-order valence-electron chi connectivity index (χ1n) is 5.13. The predicted molar refractivity (Wildman–Crippen MR) is 57.5 cm³/mol. The van der Waals surface area contributed by atoms with Crippen molar-refractivity contribution in [2.75, 3.05) is 6.61 Å². The van der Waals surface area contributed by atoms with Crippen LogP contribution in [-0.2, 0) is 0 Å². The minimum Gasteiger partial charge on any atom is -0.493 e. The Morgan fingerprint density at radius 2 is 1.71 bits per heavy atom. The first-order chi connectivity index (χ1) is 7.77. The summed E-state index contributed by atoms with van der Waals surface area (Å²) in [6, 6.07) is 2.40. The molecule has 1 aromatic rings. The van der Waals surface area contributed by atoms with E-state index in [1.165, 1.54) is 12.1 Å². The summed E-state index contributed by atoms with van der Waals surface area (Å²) < 4.78 is 42.1. The molecule has 0 aliphatic heterocycles. The average molecular weight is 246 g/mol. The zero-order valence-electron chi connectivity index (χ0n) is 9.81. The lowest BCUT2D eigenvalue weighted by Gasteiger charge is -2.13. The van der Waals surface area contributed by atoms with E-state index < -0.39 is 12.0 Å². The number of halogens is 3. The summed E-state index contributed by atoms with van der Waals surface area (Å²) in [5.41, 5.74) is 0.704. The summed E-state index contributed by atoms with van der Waals surface area (Å²) in [7, 11) is 0. The summed E-state index contributed by atoms with van der Waals surface area (Å²) in [4.78, 5) is 11.1. The van der Waals surface area contributed by atoms with Gasteiger partial charge in [-0.15, -0.1) is 0 Å². The van der Waals surface area contributed by atoms with Gasteiger partial charge in [0.2, 0.25) is 0 Å². The average Bonchev–Trinajstić information content (AvgIpc) is 2.20. The number of carbonyl (C=O) groups is 1. The number of benzene rings is 1. The van der Waals surface area contributed by atoms with Crippen LogP contribution >= 0.6 is 0 Å². The van der Waals surface area contributed by atoms with Crippen LogP contribution in [0.3, 0.4) is 0 Å². The van der Waals surface area contributed by atoms with Crippen molar-refractivity contribution in [1.82, 2.24) is 0 Å². The van der Waals surface area contributed by atoms with E-state index in [1.54, 1.807) is 20.8 Å². The smallest absolute Gasteiger partial charge is 0.454 e. The van der Waals surface area contributed by atoms with Crippen molar-refractivity contribution < 1.29 is 22.7 Å². The lowest BCUT2D eigenvalue weighted by atomic mass is 10.0. The molecule has 0 aliphatic rings. The SMILES string of the molecule is CCOc1c(C)cc(C(=O)C(F)(F)F)cc1C. The first-order valence-corrected chi connectivity index (χ1v) is 5.13. The molecule has 0 saturated heterocycles. The van der Waals surface area contributed by atoms with E-state index in [9.17, 15) is 18.0 Å². The number of carbonyl (C=O) groups excluding carboxylic acids is 1. The Bertz CT molecular complexity index is 413. The molecule has 0 atom stereocenters. The molecule has 0 radical (unpaired) electrons. The van der Waals surface area contributed by atoms with Gasteiger partial charge in [-0.1, -0.05) is 0 Å². The fraction of sp³-hybridized carbons (Fsp3) is 0.417. The molecule has 0 amide bonds. The van der Waals surface area contributed by atoms with Crippen LogP contribution in [0.2, 0.25) is 0 Å². The van der Waals surface area contributed by atoms with Crippen LogP contribution in [0.25, 0.3) is 0 Å². The Hall–Kier alpha value is -1.52. The van der Waals surface area contributed by atoms with Gasteiger partial charge >= 0.3 is 6.18 Å². The van der Waals surface area contributed by atoms with Gasteiger partial charge < -0.3 is 4.74 Å². The van der Waals surface area contributed by atoms with E-state index >= 15 is 0 Å². The Labute approximate surface area is 97.4 Å². The van der Waals surface area contributed by atoms with Crippen LogP contribution in [0.5, 0.6) is 5.75 Å². The standard InChI is InChI=1S/C12H13F3O2/c1-4-17-10-7(2)5-9(6-8(10)3)11(16)12(13,14)15/h5-6H,4H2,1-3H3. The first kappa shape index (κ1) is 13.5. The number of ether oxygens (including phenoxy) is 1. The Morgan fingerprint density at radius 1 is 1.24 bits per heavy atom. The van der Waals surface area contributed by atoms with Crippen molar-refractivity contribution in [3.8, 4) is 5.75 Å². The second kappa shape index (κ2) is 4.77. The zero-order chi connectivity index (χ0) is 13.2. The predicted octanol–water partition coefficient (Wildman–Crippen LogP) is 3.45. The molecule has 0 aromatic heterocycles. The number of ketones is 1. The van der Waals surface area contributed by atoms with Gasteiger partial charge in [-0.05, 0) is 44.0 Å². The van der Waals surface area contributed by atoms with Gasteiger partial charge in [0.1, 0.15) is 5.75 Å². The van der Waals surface area contributed by atoms with Gasteiger partial charge in [0.25, 0.3) is 5.78 Å². The van der Waals surface area contributed by atoms with Crippen molar-refractivity contribution in [1.29, 1.82) is 0 Å². The van der Waals surface area contributed by atoms with Gasteiger partial charge in [0, 0.05) is 5.56 Å². The summed E-state index contributed by atoms with van der Waals surface area (Å²) in [6.07, 6.45) is -4.84. The number of Topliss-reactive ketones (excluding diaryl/α,β-unsaturated/α-hetero) is 1. The normalized spacial score (nSPS) is 11.4. The molecule has 0 saturated carbocycles. The molecule has 5 heteroatoms. The van der Waals surface area contributed by atoms with Gasteiger partial charge in [0.15, 0.2) is 0 Å². The highest BCUT2D eigenvalue weighted by Crippen LogP contribution is 2.28. The van der Waals surface area contributed by atoms with E-state index in [2.05, 4.69) is 0 Å². The fourth-order valence-corrected chi connectivity index (χ4v) is 1.62. The van der Waals surface area contributed by atoms with Crippen molar-refractivity contribution in [2.45, 2.75) is 26.9 Å². The summed E-state index contributed by atoms with van der Waals surface area (Å²) in [5.74, 6) is -1.29. The summed E-state index contributed by atoms with van der Waals surface area (Å²) in [5, 5.41) is 0. The second-order valence-electron chi connectivity index (χ2n) is 3.70. The highest BCUT2D eigenvalue weighted by atomic mass is 19.4. The maximum absolute atomic E-state index is 12.3. The highest BCUT2D eigenvalue weighted by Gasteiger charge is 2.39. The van der Waals surface area contributed by atoms with Gasteiger partial charge in [-0.3, -0.25) is 4.79 Å². The van der Waals surface area contributed by atoms with Gasteiger partial charge in [-0.25, -0.2) is 0 Å². The molecule has 1 aromatic carbocycles. The van der Waals surface area contributed by atoms with Crippen molar-refractivity contribution in [3.63, 3.8) is 0 Å². The summed E-state index contributed by atoms with van der Waals surface area (Å²) in [6.45, 7) is 5.44. The van der Waals surface area contributed by atoms with Crippen LogP contribution in [0.15, 0.2) is 12.1 Å². The minimum absolute atomic E-state index is 0.351. The number of hydrogen-bond acceptors (Lipinski definition) is 2. The molecule has 0 bridgehead atoms. The molecular formula is C12H13F3O2. The van der Waals surface area contributed by atoms with E-state index in [1.807, 2.05) is 0 Å². The number of hydrogen-bond donors (Lipinski definition) is 0. The molecule has 94 valence electrons. The van der Waals surface area contributed by atoms with Crippen molar-refractivity contribution in [2.24, 2.45) is 0 Å². The Kier molecular flexibility index (Phi) is 3.80. The number of rotatable bonds is 3. The lowest BCUT2D eigenvalue weighted by Crippen LogP contribution is -2.23. The van der Waals surface area contributed by atoms with Crippen LogP contribution in [0.4, 0.5) is 13.2 Å². The Morgan fingerprint density at radius 3 is 2.06 bits per heavy atom. The maximum atomic E-state index is 12.3. The van der Waals surface area contributed by atoms with E-state index in [0.29, 0.717) is 23.5 Å². The molecular weight excluding hydrogens is 233 g/mol. The van der Waals surface area contributed by atoms with Crippen LogP contribution in [0, 0.1) is 13.8 Å². The fourth-order valence-electron chi connectivity index (χ4n) is 1.62. The zero-order valence-corrected chi connectivity index (χ0v) is 9.81. The maximum Gasteiger partial charge on any atom is 0.454 e. The van der Waals surface area contributed by atoms with E-state index in [-0.39, 0.29) is 5.56 Å². The monoisotopic (exact) mass is 246 g/mol. The number of aryl methyl sites for hydroxylation is 2. The second-order valence-corrected chi connectivity index (χ2v) is 3.70. The number of alkyl halides is 3. The van der Waals surface area contributed by atoms with Gasteiger partial charge in [0.05, 0.1) is 6.61 Å². The molecule has 0 N–H and O–H groups in total. The van der Waals surface area contributed by atoms with E-state index in [4.69, 9.17) is 4.74 Å². The molecule has 17 heavy (non-hydrogen) atoms. The topological polar surface area (TPSA) is 26.3 Å². The lowest BCUT2D eigenvalue weighted by molar-refractivity contribution is -0.0885. The minimum atomic E-state index is -4.84.